The van der Waals surface area contributed by atoms with Gasteiger partial charge in [0.05, 0.1) is 11.3 Å². The number of halogens is 1. The molecule has 2 aromatic carbocycles. The molecule has 23 heavy (non-hydrogen) atoms. The fourth-order valence-corrected chi connectivity index (χ4v) is 2.94. The zero-order valence-corrected chi connectivity index (χ0v) is 13.9. The molecule has 0 unspecified atom stereocenters. The highest BCUT2D eigenvalue weighted by Crippen LogP contribution is 2.34. The SMILES string of the molecule is Cc1ccc(-c2cc(Br)ccc2O)n1-c1cccc(C(=O)O)c1. The first kappa shape index (κ1) is 15.4. The van der Waals surface area contributed by atoms with Crippen molar-refractivity contribution >= 4 is 21.9 Å². The number of rotatable bonds is 3. The molecule has 0 spiro atoms. The van der Waals surface area contributed by atoms with E-state index in [-0.39, 0.29) is 11.3 Å². The second-order valence-corrected chi connectivity index (χ2v) is 6.13. The van der Waals surface area contributed by atoms with E-state index in [9.17, 15) is 15.0 Å². The Morgan fingerprint density at radius 2 is 1.87 bits per heavy atom. The third kappa shape index (κ3) is 2.87. The van der Waals surface area contributed by atoms with E-state index in [4.69, 9.17) is 0 Å². The number of hydrogen-bond acceptors (Lipinski definition) is 2. The number of aromatic carboxylic acids is 1. The van der Waals surface area contributed by atoms with Crippen LogP contribution in [0.5, 0.6) is 5.75 Å². The molecule has 0 saturated carbocycles. The maximum Gasteiger partial charge on any atom is 0.335 e. The van der Waals surface area contributed by atoms with Crippen LogP contribution < -0.4 is 0 Å². The minimum Gasteiger partial charge on any atom is -0.507 e. The van der Waals surface area contributed by atoms with Crippen LogP contribution in [0.1, 0.15) is 16.1 Å². The highest BCUT2D eigenvalue weighted by Gasteiger charge is 2.14. The molecule has 0 aliphatic carbocycles. The Hall–Kier alpha value is -2.53. The summed E-state index contributed by atoms with van der Waals surface area (Å²) in [6.07, 6.45) is 0. The number of aromatic hydroxyl groups is 1. The molecule has 1 aromatic heterocycles. The van der Waals surface area contributed by atoms with Gasteiger partial charge in [0, 0.05) is 21.4 Å². The van der Waals surface area contributed by atoms with Crippen LogP contribution >= 0.6 is 15.9 Å². The third-order valence-corrected chi connectivity index (χ3v) is 4.16. The van der Waals surface area contributed by atoms with Gasteiger partial charge in [-0.05, 0) is 55.5 Å². The summed E-state index contributed by atoms with van der Waals surface area (Å²) in [7, 11) is 0. The number of carboxylic acid groups (broad SMARTS) is 1. The van der Waals surface area contributed by atoms with Gasteiger partial charge >= 0.3 is 5.97 Å². The number of phenols is 1. The monoisotopic (exact) mass is 371 g/mol. The molecule has 1 heterocycles. The van der Waals surface area contributed by atoms with Gasteiger partial charge in [0.2, 0.25) is 0 Å². The average Bonchev–Trinajstić information content (AvgIpc) is 2.91. The average molecular weight is 372 g/mol. The molecule has 2 N–H and O–H groups in total. The Balaban J connectivity index is 2.22. The summed E-state index contributed by atoms with van der Waals surface area (Å²) < 4.78 is 2.78. The van der Waals surface area contributed by atoms with E-state index in [0.29, 0.717) is 5.56 Å². The van der Waals surface area contributed by atoms with Gasteiger partial charge in [-0.25, -0.2) is 4.79 Å². The molecule has 3 aromatic rings. The topological polar surface area (TPSA) is 62.5 Å². The van der Waals surface area contributed by atoms with Crippen LogP contribution in [0.3, 0.4) is 0 Å². The highest BCUT2D eigenvalue weighted by molar-refractivity contribution is 9.10. The number of aryl methyl sites for hydroxylation is 1. The molecule has 3 rings (SSSR count). The van der Waals surface area contributed by atoms with Crippen molar-refractivity contribution in [2.45, 2.75) is 6.92 Å². The lowest BCUT2D eigenvalue weighted by atomic mass is 10.1. The van der Waals surface area contributed by atoms with Gasteiger partial charge < -0.3 is 14.8 Å². The Labute approximate surface area is 141 Å². The molecule has 4 nitrogen and oxygen atoms in total. The number of carbonyl (C=O) groups is 1. The Kier molecular flexibility index (Phi) is 3.96. The van der Waals surface area contributed by atoms with Gasteiger partial charge in [0.25, 0.3) is 0 Å². The second kappa shape index (κ2) is 5.93. The molecule has 0 fully saturated rings. The predicted molar refractivity (Wildman–Crippen MR) is 92.3 cm³/mol. The zero-order valence-electron chi connectivity index (χ0n) is 12.3. The minimum atomic E-state index is -0.969. The van der Waals surface area contributed by atoms with E-state index in [1.165, 1.54) is 0 Å². The van der Waals surface area contributed by atoms with Gasteiger partial charge in [-0.3, -0.25) is 0 Å². The quantitative estimate of drug-likeness (QED) is 0.705. The fraction of sp³-hybridized carbons (Fsp3) is 0.0556. The summed E-state index contributed by atoms with van der Waals surface area (Å²) in [6, 6.07) is 15.8. The highest BCUT2D eigenvalue weighted by atomic mass is 79.9. The van der Waals surface area contributed by atoms with Crippen molar-refractivity contribution in [1.29, 1.82) is 0 Å². The van der Waals surface area contributed by atoms with Crippen LogP contribution in [0, 0.1) is 6.92 Å². The van der Waals surface area contributed by atoms with Crippen molar-refractivity contribution in [3.8, 4) is 22.7 Å². The van der Waals surface area contributed by atoms with Crippen molar-refractivity contribution in [3.63, 3.8) is 0 Å². The predicted octanol–water partition coefficient (Wildman–Crippen LogP) is 4.62. The third-order valence-electron chi connectivity index (χ3n) is 3.66. The van der Waals surface area contributed by atoms with E-state index in [2.05, 4.69) is 15.9 Å². The molecule has 0 atom stereocenters. The Morgan fingerprint density at radius 1 is 1.09 bits per heavy atom. The van der Waals surface area contributed by atoms with Crippen LogP contribution in [-0.4, -0.2) is 20.7 Å². The molecule has 0 bridgehead atoms. The van der Waals surface area contributed by atoms with Crippen molar-refractivity contribution in [1.82, 2.24) is 4.57 Å². The van der Waals surface area contributed by atoms with Crippen molar-refractivity contribution in [2.24, 2.45) is 0 Å². The molecule has 0 amide bonds. The smallest absolute Gasteiger partial charge is 0.335 e. The van der Waals surface area contributed by atoms with Gasteiger partial charge in [-0.2, -0.15) is 0 Å². The maximum atomic E-state index is 11.2. The van der Waals surface area contributed by atoms with Crippen LogP contribution in [0.2, 0.25) is 0 Å². The van der Waals surface area contributed by atoms with E-state index in [1.807, 2.05) is 35.8 Å². The number of carboxylic acids is 1. The van der Waals surface area contributed by atoms with Crippen LogP contribution in [-0.2, 0) is 0 Å². The van der Waals surface area contributed by atoms with Gasteiger partial charge in [0.1, 0.15) is 5.75 Å². The lowest BCUT2D eigenvalue weighted by Crippen LogP contribution is -2.02. The van der Waals surface area contributed by atoms with Crippen molar-refractivity contribution in [3.05, 3.63) is 70.3 Å². The summed E-state index contributed by atoms with van der Waals surface area (Å²) in [4.78, 5) is 11.2. The fourth-order valence-electron chi connectivity index (χ4n) is 2.58. The van der Waals surface area contributed by atoms with E-state index < -0.39 is 5.97 Å². The molecule has 5 heteroatoms. The zero-order chi connectivity index (χ0) is 16.6. The van der Waals surface area contributed by atoms with Gasteiger partial charge in [-0.1, -0.05) is 22.0 Å². The van der Waals surface area contributed by atoms with Crippen molar-refractivity contribution in [2.75, 3.05) is 0 Å². The first-order valence-corrected chi connectivity index (χ1v) is 7.77. The number of phenolic OH excluding ortho intramolecular Hbond substituents is 1. The molecule has 0 aliphatic heterocycles. The summed E-state index contributed by atoms with van der Waals surface area (Å²) in [6.45, 7) is 1.94. The number of aromatic nitrogens is 1. The summed E-state index contributed by atoms with van der Waals surface area (Å²) in [5.74, 6) is -0.801. The second-order valence-electron chi connectivity index (χ2n) is 5.21. The normalized spacial score (nSPS) is 10.7. The summed E-state index contributed by atoms with van der Waals surface area (Å²) in [5, 5.41) is 19.4. The molecule has 116 valence electrons. The first-order valence-electron chi connectivity index (χ1n) is 6.98. The molecular formula is C18H14BrNO3. The first-order chi connectivity index (χ1) is 11.0. The lowest BCUT2D eigenvalue weighted by molar-refractivity contribution is 0.0697. The largest absolute Gasteiger partial charge is 0.507 e. The van der Waals surface area contributed by atoms with Crippen LogP contribution in [0.4, 0.5) is 0 Å². The Morgan fingerprint density at radius 3 is 2.61 bits per heavy atom. The van der Waals surface area contributed by atoms with E-state index >= 15 is 0 Å². The van der Waals surface area contributed by atoms with Crippen LogP contribution in [0.15, 0.2) is 59.1 Å². The Bertz CT molecular complexity index is 899. The molecule has 0 radical (unpaired) electrons. The van der Waals surface area contributed by atoms with Gasteiger partial charge in [-0.15, -0.1) is 0 Å². The van der Waals surface area contributed by atoms with E-state index in [0.717, 1.165) is 21.5 Å². The van der Waals surface area contributed by atoms with E-state index in [1.54, 1.807) is 30.3 Å². The van der Waals surface area contributed by atoms with Crippen LogP contribution in [0.25, 0.3) is 16.9 Å². The summed E-state index contributed by atoms with van der Waals surface area (Å²) >= 11 is 3.41. The lowest BCUT2D eigenvalue weighted by Gasteiger charge is -2.14. The molecular weight excluding hydrogens is 358 g/mol. The van der Waals surface area contributed by atoms with Gasteiger partial charge in [0.15, 0.2) is 0 Å². The minimum absolute atomic E-state index is 0.168. The van der Waals surface area contributed by atoms with Crippen molar-refractivity contribution < 1.29 is 15.0 Å². The standard InChI is InChI=1S/C18H14BrNO3/c1-11-5-7-16(15-10-13(19)6-8-17(15)21)20(11)14-4-2-3-12(9-14)18(22)23/h2-10,21H,1H3,(H,22,23). The summed E-state index contributed by atoms with van der Waals surface area (Å²) in [5.41, 5.74) is 3.38. The number of nitrogens with zero attached hydrogens (tertiary/aromatic N) is 1. The number of hydrogen-bond donors (Lipinski definition) is 2. The number of benzene rings is 2. The maximum absolute atomic E-state index is 11.2. The molecule has 0 aliphatic rings. The molecule has 0 saturated heterocycles.